The minimum atomic E-state index is -0.620. The van der Waals surface area contributed by atoms with Gasteiger partial charge in [0, 0.05) is 26.3 Å². The van der Waals surface area contributed by atoms with Gasteiger partial charge in [-0.25, -0.2) is 4.98 Å². The van der Waals surface area contributed by atoms with Crippen LogP contribution in [0.15, 0.2) is 30.6 Å². The van der Waals surface area contributed by atoms with Crippen molar-refractivity contribution < 1.29 is 14.3 Å². The number of nitrogens with zero attached hydrogens (tertiary/aromatic N) is 4. The van der Waals surface area contributed by atoms with Crippen LogP contribution in [0.1, 0.15) is 63.4 Å². The third kappa shape index (κ3) is 5.12. The predicted molar refractivity (Wildman–Crippen MR) is 138 cm³/mol. The minimum absolute atomic E-state index is 0.0814. The van der Waals surface area contributed by atoms with E-state index in [4.69, 9.17) is 4.74 Å². The second-order valence-electron chi connectivity index (χ2n) is 11.6. The Bertz CT molecular complexity index is 1100. The van der Waals surface area contributed by atoms with Crippen LogP contribution < -0.4 is 15.5 Å². The number of nitrogens with one attached hydrogen (secondary N) is 2. The fourth-order valence-electron chi connectivity index (χ4n) is 5.78. The standard InChI is InChI=1S/C27H38N6O3/c1-26(2)17-33(14-15-36-26)21-9-8-19(16-28-21)30-25(35)23(31-24(34)20-10-13-29-32(20)4)22(18-6-5-7-18)27(3)11-12-27/h8-10,13,16,18,22-23H,5-7,11-12,14-15,17H2,1-4H3,(H,30,35)(H,31,34)/t22?,23-/m0/s1. The quantitative estimate of drug-likeness (QED) is 0.583. The number of ether oxygens (including phenoxy) is 1. The molecule has 0 spiro atoms. The number of carbonyl (C=O) groups excluding carboxylic acids is 2. The number of morpholine rings is 1. The van der Waals surface area contributed by atoms with E-state index >= 15 is 0 Å². The van der Waals surface area contributed by atoms with Crippen molar-refractivity contribution in [2.24, 2.45) is 24.3 Å². The highest BCUT2D eigenvalue weighted by molar-refractivity contribution is 6.00. The molecule has 2 atom stereocenters. The monoisotopic (exact) mass is 494 g/mol. The summed E-state index contributed by atoms with van der Waals surface area (Å²) in [7, 11) is 1.73. The van der Waals surface area contributed by atoms with Crippen LogP contribution in [-0.4, -0.2) is 57.9 Å². The Balaban J connectivity index is 1.34. The summed E-state index contributed by atoms with van der Waals surface area (Å²) in [5.74, 6) is 0.963. The summed E-state index contributed by atoms with van der Waals surface area (Å²) in [6.45, 7) is 8.61. The molecular formula is C27H38N6O3. The Morgan fingerprint density at radius 2 is 1.94 bits per heavy atom. The Hall–Kier alpha value is -2.94. The van der Waals surface area contributed by atoms with Crippen molar-refractivity contribution in [3.05, 3.63) is 36.3 Å². The average Bonchev–Trinajstić information content (AvgIpc) is 3.40. The summed E-state index contributed by atoms with van der Waals surface area (Å²) in [6, 6.07) is 4.88. The van der Waals surface area contributed by atoms with Crippen LogP contribution in [0.25, 0.3) is 0 Å². The van der Waals surface area contributed by atoms with Crippen molar-refractivity contribution in [1.29, 1.82) is 0 Å². The lowest BCUT2D eigenvalue weighted by Crippen LogP contribution is -2.54. The summed E-state index contributed by atoms with van der Waals surface area (Å²) in [5, 5.41) is 10.3. The summed E-state index contributed by atoms with van der Waals surface area (Å²) in [6.07, 6.45) is 8.88. The van der Waals surface area contributed by atoms with E-state index in [0.29, 0.717) is 23.9 Å². The van der Waals surface area contributed by atoms with Gasteiger partial charge in [0.05, 0.1) is 24.1 Å². The molecule has 3 heterocycles. The zero-order chi connectivity index (χ0) is 25.5. The van der Waals surface area contributed by atoms with Gasteiger partial charge in [-0.2, -0.15) is 5.10 Å². The number of amides is 2. The number of hydrogen-bond acceptors (Lipinski definition) is 6. The van der Waals surface area contributed by atoms with Gasteiger partial charge in [-0.05, 0) is 62.1 Å². The molecule has 2 aromatic heterocycles. The second kappa shape index (κ2) is 9.50. The van der Waals surface area contributed by atoms with Gasteiger partial charge in [-0.3, -0.25) is 14.3 Å². The summed E-state index contributed by atoms with van der Waals surface area (Å²) >= 11 is 0. The van der Waals surface area contributed by atoms with Crippen LogP contribution in [0.2, 0.25) is 0 Å². The van der Waals surface area contributed by atoms with Crippen molar-refractivity contribution in [2.75, 3.05) is 29.9 Å². The van der Waals surface area contributed by atoms with E-state index in [1.807, 2.05) is 12.1 Å². The molecule has 0 bridgehead atoms. The van der Waals surface area contributed by atoms with Gasteiger partial charge in [0.1, 0.15) is 17.6 Å². The first kappa shape index (κ1) is 24.7. The summed E-state index contributed by atoms with van der Waals surface area (Å²) < 4.78 is 7.35. The Morgan fingerprint density at radius 3 is 2.50 bits per heavy atom. The zero-order valence-electron chi connectivity index (χ0n) is 21.8. The average molecular weight is 495 g/mol. The van der Waals surface area contributed by atoms with Crippen LogP contribution in [0.3, 0.4) is 0 Å². The van der Waals surface area contributed by atoms with E-state index in [-0.39, 0.29) is 28.7 Å². The van der Waals surface area contributed by atoms with E-state index in [0.717, 1.165) is 44.6 Å². The lowest BCUT2D eigenvalue weighted by atomic mass is 9.66. The van der Waals surface area contributed by atoms with E-state index in [9.17, 15) is 9.59 Å². The summed E-state index contributed by atoms with van der Waals surface area (Å²) in [4.78, 5) is 33.7. The number of anilines is 2. The fourth-order valence-corrected chi connectivity index (χ4v) is 5.78. The Labute approximate surface area is 213 Å². The molecule has 2 saturated carbocycles. The third-order valence-electron chi connectivity index (χ3n) is 8.25. The van der Waals surface area contributed by atoms with Crippen molar-refractivity contribution >= 4 is 23.3 Å². The molecule has 3 fully saturated rings. The van der Waals surface area contributed by atoms with E-state index in [1.165, 1.54) is 11.1 Å². The fraction of sp³-hybridized carbons (Fsp3) is 0.630. The molecule has 194 valence electrons. The van der Waals surface area contributed by atoms with Gasteiger partial charge < -0.3 is 20.3 Å². The van der Waals surface area contributed by atoms with Crippen LogP contribution in [0.5, 0.6) is 0 Å². The highest BCUT2D eigenvalue weighted by atomic mass is 16.5. The van der Waals surface area contributed by atoms with E-state index < -0.39 is 6.04 Å². The zero-order valence-corrected chi connectivity index (χ0v) is 21.8. The molecule has 2 N–H and O–H groups in total. The lowest BCUT2D eigenvalue weighted by Gasteiger charge is -2.42. The van der Waals surface area contributed by atoms with Crippen LogP contribution in [-0.2, 0) is 16.6 Å². The molecule has 36 heavy (non-hydrogen) atoms. The SMILES string of the molecule is Cn1nccc1C(=O)N[C@H](C(=O)Nc1ccc(N2CCOC(C)(C)C2)nc1)C(C1CCC1)C1(C)CC1. The number of carbonyl (C=O) groups is 2. The van der Waals surface area contributed by atoms with Gasteiger partial charge >= 0.3 is 0 Å². The molecule has 9 nitrogen and oxygen atoms in total. The maximum atomic E-state index is 13.7. The van der Waals surface area contributed by atoms with Crippen LogP contribution in [0, 0.1) is 17.3 Å². The van der Waals surface area contributed by atoms with Gasteiger partial charge in [0.2, 0.25) is 5.91 Å². The number of hydrogen-bond donors (Lipinski definition) is 2. The molecule has 1 unspecified atom stereocenters. The van der Waals surface area contributed by atoms with Crippen molar-refractivity contribution in [1.82, 2.24) is 20.1 Å². The van der Waals surface area contributed by atoms with Crippen molar-refractivity contribution in [3.63, 3.8) is 0 Å². The third-order valence-corrected chi connectivity index (χ3v) is 8.25. The van der Waals surface area contributed by atoms with Crippen LogP contribution >= 0.6 is 0 Å². The lowest BCUT2D eigenvalue weighted by molar-refractivity contribution is -0.121. The summed E-state index contributed by atoms with van der Waals surface area (Å²) in [5.41, 5.74) is 0.935. The largest absolute Gasteiger partial charge is 0.372 e. The first-order valence-corrected chi connectivity index (χ1v) is 13.1. The first-order chi connectivity index (χ1) is 17.2. The molecule has 2 aliphatic carbocycles. The highest BCUT2D eigenvalue weighted by Gasteiger charge is 2.54. The number of pyridine rings is 1. The molecule has 2 amide bonds. The molecule has 1 aliphatic heterocycles. The predicted octanol–water partition coefficient (Wildman–Crippen LogP) is 3.38. The molecule has 0 aromatic carbocycles. The van der Waals surface area contributed by atoms with Crippen molar-refractivity contribution in [2.45, 2.75) is 64.5 Å². The number of aryl methyl sites for hydroxylation is 1. The number of aromatic nitrogens is 3. The van der Waals surface area contributed by atoms with E-state index in [1.54, 1.807) is 25.5 Å². The normalized spacial score (nSPS) is 22.3. The topological polar surface area (TPSA) is 101 Å². The van der Waals surface area contributed by atoms with Gasteiger partial charge in [0.25, 0.3) is 5.91 Å². The van der Waals surface area contributed by atoms with Gasteiger partial charge in [-0.15, -0.1) is 0 Å². The molecule has 1 saturated heterocycles. The number of rotatable bonds is 8. The minimum Gasteiger partial charge on any atom is -0.372 e. The van der Waals surface area contributed by atoms with Gasteiger partial charge in [-0.1, -0.05) is 26.2 Å². The first-order valence-electron chi connectivity index (χ1n) is 13.1. The van der Waals surface area contributed by atoms with Crippen molar-refractivity contribution in [3.8, 4) is 0 Å². The maximum Gasteiger partial charge on any atom is 0.270 e. The van der Waals surface area contributed by atoms with Crippen LogP contribution in [0.4, 0.5) is 11.5 Å². The molecule has 0 radical (unpaired) electrons. The van der Waals surface area contributed by atoms with E-state index in [2.05, 4.69) is 46.4 Å². The second-order valence-corrected chi connectivity index (χ2v) is 11.6. The maximum absolute atomic E-state index is 13.7. The smallest absolute Gasteiger partial charge is 0.270 e. The molecule has 3 aliphatic rings. The Kier molecular flexibility index (Phi) is 6.53. The molecular weight excluding hydrogens is 456 g/mol. The highest BCUT2D eigenvalue weighted by Crippen LogP contribution is 2.58. The Morgan fingerprint density at radius 1 is 1.17 bits per heavy atom. The molecule has 2 aromatic rings. The molecule has 9 heteroatoms. The van der Waals surface area contributed by atoms with Gasteiger partial charge in [0.15, 0.2) is 0 Å². The molecule has 5 rings (SSSR count).